The topological polar surface area (TPSA) is 68.0 Å². The number of para-hydroxylation sites is 1. The first kappa shape index (κ1) is 12.1. The summed E-state index contributed by atoms with van der Waals surface area (Å²) >= 11 is 0. The van der Waals surface area contributed by atoms with Crippen molar-refractivity contribution < 1.29 is 9.90 Å². The SMILES string of the molecule is CC1CCC(Cn2nnc3cccc(C(=O)O)c32)C1. The first-order valence-corrected chi connectivity index (χ1v) is 6.70. The number of carboxylic acids is 1. The molecule has 2 aromatic rings. The number of carboxylic acid groups (broad SMARTS) is 1. The number of hydrogen-bond acceptors (Lipinski definition) is 3. The molecule has 1 fully saturated rings. The Labute approximate surface area is 111 Å². The van der Waals surface area contributed by atoms with E-state index in [0.29, 0.717) is 17.0 Å². The molecular formula is C14H17N3O2. The summed E-state index contributed by atoms with van der Waals surface area (Å²) in [4.78, 5) is 11.3. The van der Waals surface area contributed by atoms with Gasteiger partial charge >= 0.3 is 5.97 Å². The third-order valence-corrected chi connectivity index (χ3v) is 4.00. The summed E-state index contributed by atoms with van der Waals surface area (Å²) in [6.45, 7) is 3.03. The summed E-state index contributed by atoms with van der Waals surface area (Å²) in [7, 11) is 0. The van der Waals surface area contributed by atoms with Crippen molar-refractivity contribution in [2.45, 2.75) is 32.7 Å². The highest BCUT2D eigenvalue weighted by molar-refractivity contribution is 6.00. The van der Waals surface area contributed by atoms with Crippen molar-refractivity contribution >= 4 is 17.0 Å². The van der Waals surface area contributed by atoms with Crippen LogP contribution in [0.5, 0.6) is 0 Å². The molecule has 3 rings (SSSR count). The second-order valence-electron chi connectivity index (χ2n) is 5.53. The van der Waals surface area contributed by atoms with Gasteiger partial charge < -0.3 is 5.11 Å². The second kappa shape index (κ2) is 4.64. The molecule has 5 nitrogen and oxygen atoms in total. The average Bonchev–Trinajstić information content (AvgIpc) is 2.97. The van der Waals surface area contributed by atoms with Crippen molar-refractivity contribution in [3.63, 3.8) is 0 Å². The molecule has 2 atom stereocenters. The predicted molar refractivity (Wildman–Crippen MR) is 71.0 cm³/mol. The molecule has 19 heavy (non-hydrogen) atoms. The maximum atomic E-state index is 11.3. The third-order valence-electron chi connectivity index (χ3n) is 4.00. The van der Waals surface area contributed by atoms with Crippen molar-refractivity contribution in [2.24, 2.45) is 11.8 Å². The molecule has 0 saturated heterocycles. The monoisotopic (exact) mass is 259 g/mol. The highest BCUT2D eigenvalue weighted by atomic mass is 16.4. The lowest BCUT2D eigenvalue weighted by Gasteiger charge is -2.10. The predicted octanol–water partition coefficient (Wildman–Crippen LogP) is 2.57. The van der Waals surface area contributed by atoms with Crippen LogP contribution in [0, 0.1) is 11.8 Å². The quantitative estimate of drug-likeness (QED) is 0.919. The Hall–Kier alpha value is -1.91. The molecule has 0 aliphatic heterocycles. The largest absolute Gasteiger partial charge is 0.478 e. The van der Waals surface area contributed by atoms with Gasteiger partial charge in [-0.25, -0.2) is 9.48 Å². The van der Waals surface area contributed by atoms with E-state index in [0.717, 1.165) is 12.5 Å². The molecule has 1 aliphatic carbocycles. The molecule has 0 amide bonds. The summed E-state index contributed by atoms with van der Waals surface area (Å²) in [5, 5.41) is 17.5. The van der Waals surface area contributed by atoms with Crippen molar-refractivity contribution in [1.29, 1.82) is 0 Å². The number of nitrogens with zero attached hydrogens (tertiary/aromatic N) is 3. The fraction of sp³-hybridized carbons (Fsp3) is 0.500. The van der Waals surface area contributed by atoms with E-state index < -0.39 is 5.97 Å². The number of aromatic nitrogens is 3. The van der Waals surface area contributed by atoms with Crippen LogP contribution >= 0.6 is 0 Å². The highest BCUT2D eigenvalue weighted by Gasteiger charge is 2.23. The molecule has 1 heterocycles. The van der Waals surface area contributed by atoms with Gasteiger partial charge in [0.15, 0.2) is 0 Å². The molecule has 0 bridgehead atoms. The van der Waals surface area contributed by atoms with Gasteiger partial charge in [0.1, 0.15) is 11.0 Å². The smallest absolute Gasteiger partial charge is 0.337 e. The lowest BCUT2D eigenvalue weighted by Crippen LogP contribution is -2.11. The molecule has 5 heteroatoms. The van der Waals surface area contributed by atoms with E-state index in [1.54, 1.807) is 16.8 Å². The zero-order chi connectivity index (χ0) is 13.4. The molecule has 1 N–H and O–H groups in total. The summed E-state index contributed by atoms with van der Waals surface area (Å²) in [5.41, 5.74) is 1.59. The van der Waals surface area contributed by atoms with Crippen molar-refractivity contribution in [1.82, 2.24) is 15.0 Å². The molecule has 1 saturated carbocycles. The van der Waals surface area contributed by atoms with Crippen LogP contribution in [0.3, 0.4) is 0 Å². The van der Waals surface area contributed by atoms with Crippen LogP contribution in [0.4, 0.5) is 0 Å². The van der Waals surface area contributed by atoms with E-state index in [4.69, 9.17) is 0 Å². The minimum atomic E-state index is -0.922. The fourth-order valence-electron chi connectivity index (χ4n) is 3.07. The standard InChI is InChI=1S/C14H17N3O2/c1-9-5-6-10(7-9)8-17-13-11(14(18)19)3-2-4-12(13)15-16-17/h2-4,9-10H,5-8H2,1H3,(H,18,19). The lowest BCUT2D eigenvalue weighted by molar-refractivity contribution is 0.0698. The van der Waals surface area contributed by atoms with Crippen LogP contribution in [0.25, 0.3) is 11.0 Å². The Morgan fingerprint density at radius 2 is 2.32 bits per heavy atom. The van der Waals surface area contributed by atoms with Gasteiger partial charge in [0.2, 0.25) is 0 Å². The Kier molecular flexibility index (Phi) is 2.97. The molecular weight excluding hydrogens is 242 g/mol. The normalized spacial score (nSPS) is 23.0. The van der Waals surface area contributed by atoms with Gasteiger partial charge in [-0.3, -0.25) is 0 Å². The molecule has 1 aliphatic rings. The first-order valence-electron chi connectivity index (χ1n) is 6.70. The van der Waals surface area contributed by atoms with Crippen LogP contribution in [0.2, 0.25) is 0 Å². The Morgan fingerprint density at radius 1 is 1.47 bits per heavy atom. The van der Waals surface area contributed by atoms with E-state index in [9.17, 15) is 9.90 Å². The minimum Gasteiger partial charge on any atom is -0.478 e. The minimum absolute atomic E-state index is 0.286. The highest BCUT2D eigenvalue weighted by Crippen LogP contribution is 2.32. The zero-order valence-corrected chi connectivity index (χ0v) is 10.9. The lowest BCUT2D eigenvalue weighted by atomic mass is 10.1. The Bertz CT molecular complexity index is 620. The molecule has 0 spiro atoms. The fourth-order valence-corrected chi connectivity index (χ4v) is 3.07. The van der Waals surface area contributed by atoms with Crippen molar-refractivity contribution in [2.75, 3.05) is 0 Å². The summed E-state index contributed by atoms with van der Waals surface area (Å²) in [6.07, 6.45) is 3.64. The van der Waals surface area contributed by atoms with Gasteiger partial charge in [0, 0.05) is 6.54 Å². The van der Waals surface area contributed by atoms with Gasteiger partial charge in [0.25, 0.3) is 0 Å². The summed E-state index contributed by atoms with van der Waals surface area (Å²) in [5.74, 6) is 0.425. The van der Waals surface area contributed by atoms with Crippen LogP contribution in [-0.2, 0) is 6.54 Å². The maximum Gasteiger partial charge on any atom is 0.337 e. The summed E-state index contributed by atoms with van der Waals surface area (Å²) in [6, 6.07) is 5.13. The van der Waals surface area contributed by atoms with Crippen LogP contribution < -0.4 is 0 Å². The van der Waals surface area contributed by atoms with Crippen LogP contribution in [0.1, 0.15) is 36.5 Å². The van der Waals surface area contributed by atoms with E-state index in [1.165, 1.54) is 19.3 Å². The number of aromatic carboxylic acids is 1. The van der Waals surface area contributed by atoms with Crippen molar-refractivity contribution in [3.05, 3.63) is 23.8 Å². The molecule has 1 aromatic carbocycles. The number of benzene rings is 1. The van der Waals surface area contributed by atoms with E-state index in [2.05, 4.69) is 17.2 Å². The second-order valence-corrected chi connectivity index (χ2v) is 5.53. The molecule has 100 valence electrons. The number of rotatable bonds is 3. The zero-order valence-electron chi connectivity index (χ0n) is 10.9. The van der Waals surface area contributed by atoms with E-state index in [-0.39, 0.29) is 5.56 Å². The number of hydrogen-bond donors (Lipinski definition) is 1. The maximum absolute atomic E-state index is 11.3. The molecule has 1 aromatic heterocycles. The van der Waals surface area contributed by atoms with Gasteiger partial charge in [-0.05, 0) is 36.8 Å². The van der Waals surface area contributed by atoms with Gasteiger partial charge in [-0.2, -0.15) is 0 Å². The molecule has 2 unspecified atom stereocenters. The Balaban J connectivity index is 1.97. The van der Waals surface area contributed by atoms with E-state index in [1.807, 2.05) is 6.07 Å². The van der Waals surface area contributed by atoms with Crippen LogP contribution in [0.15, 0.2) is 18.2 Å². The van der Waals surface area contributed by atoms with Gasteiger partial charge in [-0.1, -0.05) is 24.6 Å². The Morgan fingerprint density at radius 3 is 3.00 bits per heavy atom. The summed E-state index contributed by atoms with van der Waals surface area (Å²) < 4.78 is 1.77. The van der Waals surface area contributed by atoms with Crippen molar-refractivity contribution in [3.8, 4) is 0 Å². The number of fused-ring (bicyclic) bond motifs is 1. The first-order chi connectivity index (χ1) is 9.15. The van der Waals surface area contributed by atoms with Gasteiger partial charge in [-0.15, -0.1) is 5.10 Å². The van der Waals surface area contributed by atoms with Gasteiger partial charge in [0.05, 0.1) is 5.56 Å². The average molecular weight is 259 g/mol. The van der Waals surface area contributed by atoms with Crippen LogP contribution in [-0.4, -0.2) is 26.1 Å². The third kappa shape index (κ3) is 2.20. The molecule has 0 radical (unpaired) electrons. The van der Waals surface area contributed by atoms with E-state index >= 15 is 0 Å². The number of carbonyl (C=O) groups is 1.